The quantitative estimate of drug-likeness (QED) is 0.0723. The highest BCUT2D eigenvalue weighted by Crippen LogP contribution is 2.50. The topological polar surface area (TPSA) is 95.2 Å². The molecule has 0 fully saturated rings. The lowest BCUT2D eigenvalue weighted by molar-refractivity contribution is -0.813. The molecule has 8 nitrogen and oxygen atoms in total. The lowest BCUT2D eigenvalue weighted by Gasteiger charge is -2.31. The molecule has 0 aromatic carbocycles. The van der Waals surface area contributed by atoms with Crippen molar-refractivity contribution >= 4 is 13.8 Å². The number of pyridine rings is 1. The Morgan fingerprint density at radius 3 is 2.03 bits per heavy atom. The molecule has 0 saturated carbocycles. The van der Waals surface area contributed by atoms with E-state index in [2.05, 4.69) is 6.92 Å². The van der Waals surface area contributed by atoms with Gasteiger partial charge in [-0.1, -0.05) is 90.4 Å². The number of esters is 1. The average Bonchev–Trinajstić information content (AvgIpc) is 2.86. The molecule has 212 valence electrons. The highest BCUT2D eigenvalue weighted by Gasteiger charge is 2.52. The second-order valence-corrected chi connectivity index (χ2v) is 11.6. The van der Waals surface area contributed by atoms with Gasteiger partial charge in [0.25, 0.3) is 0 Å². The third-order valence-electron chi connectivity index (χ3n) is 6.82. The Bertz CT molecular complexity index is 808. The second kappa shape index (κ2) is 17.3. The number of nitrogens with zero attached hydrogens (tertiary/aromatic N) is 1. The van der Waals surface area contributed by atoms with E-state index >= 15 is 0 Å². The molecule has 1 N–H and O–H groups in total. The van der Waals surface area contributed by atoms with E-state index in [0.29, 0.717) is 6.61 Å². The van der Waals surface area contributed by atoms with Crippen molar-refractivity contribution in [2.45, 2.75) is 122 Å². The van der Waals surface area contributed by atoms with Crippen LogP contribution < -0.4 is 4.57 Å². The molecule has 3 atom stereocenters. The van der Waals surface area contributed by atoms with Crippen LogP contribution in [-0.4, -0.2) is 36.8 Å². The maximum Gasteiger partial charge on any atom is 0.478 e. The van der Waals surface area contributed by atoms with E-state index in [-0.39, 0.29) is 13.2 Å². The van der Waals surface area contributed by atoms with Gasteiger partial charge < -0.3 is 14.4 Å². The van der Waals surface area contributed by atoms with E-state index in [1.54, 1.807) is 17.7 Å². The van der Waals surface area contributed by atoms with Gasteiger partial charge in [-0.05, 0) is 12.5 Å². The summed E-state index contributed by atoms with van der Waals surface area (Å²) in [5.41, 5.74) is -0.263. The van der Waals surface area contributed by atoms with Gasteiger partial charge in [0.05, 0.1) is 13.2 Å². The number of hydrogen-bond acceptors (Lipinski definition) is 6. The molecule has 3 unspecified atom stereocenters. The molecule has 0 saturated heterocycles. The van der Waals surface area contributed by atoms with Crippen molar-refractivity contribution in [1.82, 2.24) is 0 Å². The Hall–Kier alpha value is -1.31. The summed E-state index contributed by atoms with van der Waals surface area (Å²) in [7, 11) is -4.39. The lowest BCUT2D eigenvalue weighted by atomic mass is 10.00. The van der Waals surface area contributed by atoms with Crippen LogP contribution in [0.5, 0.6) is 0 Å². The Morgan fingerprint density at radius 2 is 1.54 bits per heavy atom. The van der Waals surface area contributed by atoms with Gasteiger partial charge in [0.1, 0.15) is 11.7 Å². The lowest BCUT2D eigenvalue weighted by Crippen LogP contribution is -2.63. The molecule has 0 spiro atoms. The van der Waals surface area contributed by atoms with Crippen LogP contribution >= 0.6 is 7.82 Å². The van der Waals surface area contributed by atoms with Gasteiger partial charge in [0.15, 0.2) is 12.4 Å². The van der Waals surface area contributed by atoms with Crippen molar-refractivity contribution in [1.29, 1.82) is 0 Å². The van der Waals surface area contributed by atoms with Gasteiger partial charge in [-0.25, -0.2) is 9.09 Å². The molecule has 2 bridgehead atoms. The van der Waals surface area contributed by atoms with Crippen LogP contribution in [0.15, 0.2) is 24.5 Å². The molecule has 3 heterocycles. The smallest absolute Gasteiger partial charge is 0.458 e. The Kier molecular flexibility index (Phi) is 14.9. The number of fused-ring (bicyclic) bond motifs is 2. The van der Waals surface area contributed by atoms with Crippen LogP contribution in [0.2, 0.25) is 0 Å². The van der Waals surface area contributed by atoms with Gasteiger partial charge in [0.2, 0.25) is 0 Å². The number of phosphoric ester groups is 1. The fraction of sp³-hybridized carbons (Fsp3) is 0.786. The predicted molar refractivity (Wildman–Crippen MR) is 143 cm³/mol. The van der Waals surface area contributed by atoms with Crippen LogP contribution in [0.25, 0.3) is 0 Å². The van der Waals surface area contributed by atoms with Crippen LogP contribution in [0.4, 0.5) is 0 Å². The zero-order valence-electron chi connectivity index (χ0n) is 23.2. The summed E-state index contributed by atoms with van der Waals surface area (Å²) in [6.45, 7) is 5.59. The van der Waals surface area contributed by atoms with Crippen molar-refractivity contribution in [3.8, 4) is 0 Å². The highest BCUT2D eigenvalue weighted by atomic mass is 31.2. The Morgan fingerprint density at radius 1 is 0.973 bits per heavy atom. The summed E-state index contributed by atoms with van der Waals surface area (Å²) in [4.78, 5) is 21.6. The summed E-state index contributed by atoms with van der Waals surface area (Å²) in [6, 6.07) is 3.64. The minimum absolute atomic E-state index is 0.100. The summed E-state index contributed by atoms with van der Waals surface area (Å²) < 4.78 is 35.6. The first-order valence-electron chi connectivity index (χ1n) is 14.2. The standard InChI is InChI=1S/C28H48NO7P/c1-4-5-6-7-8-9-10-11-12-13-14-15-16-17-21-33-23-27(35-25(2)30)24-34-37(31,32)36-28(3)26-19-18-20-29(28)22-26/h18-20,22,27H,4-17,21,23-24H2,1-3H3/p+1. The van der Waals surface area contributed by atoms with E-state index in [4.69, 9.17) is 18.5 Å². The number of ether oxygens (including phenoxy) is 2. The van der Waals surface area contributed by atoms with Crippen LogP contribution in [-0.2, 0) is 33.6 Å². The number of aromatic nitrogens is 1. The average molecular weight is 543 g/mol. The Balaban J connectivity index is 1.50. The number of carbonyl (C=O) groups is 1. The SMILES string of the molecule is CCCCCCCCCCCCCCCCOCC(COP(=O)(O)OC1(C)c2ccc[n+]1c2)OC(C)=O. The van der Waals surface area contributed by atoms with E-state index in [1.165, 1.54) is 84.0 Å². The van der Waals surface area contributed by atoms with Gasteiger partial charge in [-0.2, -0.15) is 4.57 Å². The molecule has 0 aliphatic carbocycles. The minimum Gasteiger partial charge on any atom is -0.458 e. The van der Waals surface area contributed by atoms with Crippen LogP contribution in [0.1, 0.15) is 116 Å². The first-order valence-corrected chi connectivity index (χ1v) is 15.7. The monoisotopic (exact) mass is 542 g/mol. The zero-order chi connectivity index (χ0) is 27.0. The summed E-state index contributed by atoms with van der Waals surface area (Å²) in [5.74, 6) is -0.501. The van der Waals surface area contributed by atoms with Gasteiger partial charge in [-0.15, -0.1) is 0 Å². The van der Waals surface area contributed by atoms with Gasteiger partial charge >= 0.3 is 19.5 Å². The molecule has 0 radical (unpaired) electrons. The third-order valence-corrected chi connectivity index (χ3v) is 7.89. The first-order chi connectivity index (χ1) is 17.8. The molecule has 0 amide bonds. The largest absolute Gasteiger partial charge is 0.478 e. The molecule has 37 heavy (non-hydrogen) atoms. The number of unbranched alkanes of at least 4 members (excludes halogenated alkanes) is 13. The van der Waals surface area contributed by atoms with Crippen molar-refractivity contribution < 1.29 is 37.3 Å². The van der Waals surface area contributed by atoms with Gasteiger partial charge in [0, 0.05) is 26.5 Å². The molecule has 2 aliphatic heterocycles. The van der Waals surface area contributed by atoms with Crippen molar-refractivity contribution in [3.63, 3.8) is 0 Å². The number of hydrogen-bond donors (Lipinski definition) is 1. The Labute approximate surface area is 223 Å². The third kappa shape index (κ3) is 12.4. The fourth-order valence-electron chi connectivity index (χ4n) is 4.59. The van der Waals surface area contributed by atoms with E-state index in [0.717, 1.165) is 18.4 Å². The predicted octanol–water partition coefficient (Wildman–Crippen LogP) is 6.57. The first kappa shape index (κ1) is 31.9. The minimum atomic E-state index is -4.39. The molecule has 2 aliphatic rings. The van der Waals surface area contributed by atoms with Crippen molar-refractivity contribution in [3.05, 3.63) is 30.1 Å². The van der Waals surface area contributed by atoms with Crippen LogP contribution in [0, 0.1) is 0 Å². The number of phosphoric acid groups is 1. The van der Waals surface area contributed by atoms with E-state index in [1.807, 2.05) is 18.3 Å². The number of rotatable bonds is 23. The summed E-state index contributed by atoms with van der Waals surface area (Å²) in [6.07, 6.45) is 20.9. The van der Waals surface area contributed by atoms with Crippen molar-refractivity contribution in [2.75, 3.05) is 19.8 Å². The highest BCUT2D eigenvalue weighted by molar-refractivity contribution is 7.47. The molecule has 3 rings (SSSR count). The maximum absolute atomic E-state index is 12.5. The van der Waals surface area contributed by atoms with E-state index < -0.39 is 25.6 Å². The molecule has 9 heteroatoms. The summed E-state index contributed by atoms with van der Waals surface area (Å²) >= 11 is 0. The summed E-state index contributed by atoms with van der Waals surface area (Å²) in [5, 5.41) is 0. The van der Waals surface area contributed by atoms with Gasteiger partial charge in [-0.3, -0.25) is 9.32 Å². The molecule has 1 aromatic rings. The molecular formula is C28H49NO7P+. The zero-order valence-corrected chi connectivity index (χ0v) is 24.1. The number of carbonyl (C=O) groups excluding carboxylic acids is 1. The second-order valence-electron chi connectivity index (χ2n) is 10.2. The molecule has 1 aromatic heterocycles. The normalized spacial score (nSPS) is 18.7. The maximum atomic E-state index is 12.5. The van der Waals surface area contributed by atoms with Crippen molar-refractivity contribution in [2.24, 2.45) is 0 Å². The fourth-order valence-corrected chi connectivity index (χ4v) is 5.65. The van der Waals surface area contributed by atoms with E-state index in [9.17, 15) is 14.3 Å². The molecular weight excluding hydrogens is 493 g/mol. The van der Waals surface area contributed by atoms with Crippen LogP contribution in [0.3, 0.4) is 0 Å².